The average molecular weight is 386 g/mol. The van der Waals surface area contributed by atoms with Crippen molar-refractivity contribution in [1.29, 1.82) is 0 Å². The van der Waals surface area contributed by atoms with E-state index in [1.807, 2.05) is 37.3 Å². The van der Waals surface area contributed by atoms with Crippen LogP contribution in [-0.2, 0) is 0 Å². The zero-order chi connectivity index (χ0) is 15.1. The second kappa shape index (κ2) is 5.52. The molecule has 3 aromatic rings. The highest BCUT2D eigenvalue weighted by Gasteiger charge is 2.18. The number of nitrogens with one attached hydrogen (secondary N) is 2. The zero-order valence-electron chi connectivity index (χ0n) is 11.0. The average Bonchev–Trinajstić information content (AvgIpc) is 2.79. The van der Waals surface area contributed by atoms with Gasteiger partial charge in [-0.2, -0.15) is 0 Å². The highest BCUT2D eigenvalue weighted by molar-refractivity contribution is 9.10. The van der Waals surface area contributed by atoms with Crippen LogP contribution in [0.2, 0.25) is 5.02 Å². The minimum absolute atomic E-state index is 0.237. The van der Waals surface area contributed by atoms with E-state index in [1.54, 1.807) is 0 Å². The summed E-state index contributed by atoms with van der Waals surface area (Å²) in [6.45, 7) is 1.94. The Morgan fingerprint density at radius 1 is 1.14 bits per heavy atom. The van der Waals surface area contributed by atoms with Crippen LogP contribution in [0.4, 0.5) is 0 Å². The highest BCUT2D eigenvalue weighted by Crippen LogP contribution is 2.38. The molecule has 0 saturated carbocycles. The first-order valence-electron chi connectivity index (χ1n) is 6.28. The Balaban J connectivity index is 2.16. The van der Waals surface area contributed by atoms with Gasteiger partial charge in [0.25, 0.3) is 0 Å². The second-order valence-electron chi connectivity index (χ2n) is 4.82. The van der Waals surface area contributed by atoms with E-state index in [0.717, 1.165) is 32.2 Å². The Hall–Kier alpha value is -1.23. The molecule has 108 valence electrons. The number of hydrogen-bond donors (Lipinski definition) is 2. The number of aromatic amines is 2. The molecule has 6 heteroatoms. The molecule has 1 aromatic heterocycles. The molecular formula is C15H11BrCl2N2O. The van der Waals surface area contributed by atoms with E-state index in [1.165, 1.54) is 0 Å². The van der Waals surface area contributed by atoms with E-state index in [4.69, 9.17) is 23.2 Å². The summed E-state index contributed by atoms with van der Waals surface area (Å²) in [4.78, 5) is 16.8. The van der Waals surface area contributed by atoms with Crippen LogP contribution >= 0.6 is 39.1 Å². The van der Waals surface area contributed by atoms with Gasteiger partial charge in [0.2, 0.25) is 0 Å². The molecule has 0 aliphatic rings. The van der Waals surface area contributed by atoms with E-state index >= 15 is 0 Å². The van der Waals surface area contributed by atoms with Crippen molar-refractivity contribution in [3.05, 3.63) is 67.0 Å². The molecule has 1 heterocycles. The number of imidazole rings is 1. The van der Waals surface area contributed by atoms with E-state index in [0.29, 0.717) is 5.02 Å². The fourth-order valence-electron chi connectivity index (χ4n) is 2.33. The smallest absolute Gasteiger partial charge is 0.306 e. The van der Waals surface area contributed by atoms with Gasteiger partial charge in [0.15, 0.2) is 0 Å². The number of halogens is 3. The van der Waals surface area contributed by atoms with Crippen LogP contribution < -0.4 is 5.69 Å². The topological polar surface area (TPSA) is 48.6 Å². The molecule has 0 amide bonds. The molecule has 3 nitrogen and oxygen atoms in total. The van der Waals surface area contributed by atoms with Crippen molar-refractivity contribution < 1.29 is 0 Å². The predicted molar refractivity (Wildman–Crippen MR) is 90.5 cm³/mol. The van der Waals surface area contributed by atoms with Crippen molar-refractivity contribution in [2.24, 2.45) is 0 Å². The van der Waals surface area contributed by atoms with Crippen LogP contribution in [0.3, 0.4) is 0 Å². The summed E-state index contributed by atoms with van der Waals surface area (Å²) in [7, 11) is 0. The lowest BCUT2D eigenvalue weighted by Gasteiger charge is -2.16. The van der Waals surface area contributed by atoms with Crippen LogP contribution in [0, 0.1) is 6.92 Å². The first-order valence-corrected chi connectivity index (χ1v) is 7.88. The van der Waals surface area contributed by atoms with E-state index in [9.17, 15) is 4.79 Å². The van der Waals surface area contributed by atoms with E-state index < -0.39 is 0 Å². The van der Waals surface area contributed by atoms with E-state index in [-0.39, 0.29) is 11.1 Å². The first kappa shape index (κ1) is 14.7. The van der Waals surface area contributed by atoms with Gasteiger partial charge in [0.05, 0.1) is 16.4 Å². The summed E-state index contributed by atoms with van der Waals surface area (Å²) in [5.74, 6) is 0. The molecule has 2 N–H and O–H groups in total. The Bertz CT molecular complexity index is 885. The molecule has 21 heavy (non-hydrogen) atoms. The van der Waals surface area contributed by atoms with Gasteiger partial charge in [0.1, 0.15) is 0 Å². The summed E-state index contributed by atoms with van der Waals surface area (Å²) in [6, 6.07) is 9.39. The maximum atomic E-state index is 11.4. The second-order valence-corrected chi connectivity index (χ2v) is 6.51. The fraction of sp³-hybridized carbons (Fsp3) is 0.133. The van der Waals surface area contributed by atoms with Crippen molar-refractivity contribution in [3.63, 3.8) is 0 Å². The molecular weight excluding hydrogens is 375 g/mol. The minimum atomic E-state index is -0.360. The monoisotopic (exact) mass is 384 g/mol. The highest BCUT2D eigenvalue weighted by atomic mass is 79.9. The molecule has 0 saturated heterocycles. The van der Waals surface area contributed by atoms with Crippen LogP contribution in [0.25, 0.3) is 11.0 Å². The molecule has 0 aliphatic carbocycles. The van der Waals surface area contributed by atoms with Crippen LogP contribution in [0.5, 0.6) is 0 Å². The number of hydrogen-bond acceptors (Lipinski definition) is 1. The quantitative estimate of drug-likeness (QED) is 0.605. The van der Waals surface area contributed by atoms with Gasteiger partial charge in [-0.25, -0.2) is 4.79 Å². The lowest BCUT2D eigenvalue weighted by atomic mass is 9.99. The van der Waals surface area contributed by atoms with Gasteiger partial charge >= 0.3 is 5.69 Å². The molecule has 1 unspecified atom stereocenters. The van der Waals surface area contributed by atoms with Crippen molar-refractivity contribution in [3.8, 4) is 0 Å². The van der Waals surface area contributed by atoms with Gasteiger partial charge in [-0.1, -0.05) is 39.7 Å². The van der Waals surface area contributed by atoms with Crippen LogP contribution in [-0.4, -0.2) is 9.97 Å². The van der Waals surface area contributed by atoms with Gasteiger partial charge in [-0.05, 0) is 41.8 Å². The Kier molecular flexibility index (Phi) is 3.86. The summed E-state index contributed by atoms with van der Waals surface area (Å²) < 4.78 is 0.838. The Labute approximate surface area is 139 Å². The number of H-pyrrole nitrogens is 2. The predicted octanol–water partition coefficient (Wildman–Crippen LogP) is 4.91. The minimum Gasteiger partial charge on any atom is -0.306 e. The number of fused-ring (bicyclic) bond motifs is 1. The van der Waals surface area contributed by atoms with Crippen molar-refractivity contribution in [2.45, 2.75) is 12.3 Å². The lowest BCUT2D eigenvalue weighted by Crippen LogP contribution is -1.99. The third-order valence-electron chi connectivity index (χ3n) is 3.49. The summed E-state index contributed by atoms with van der Waals surface area (Å²) in [5, 5.41) is 0.325. The maximum Gasteiger partial charge on any atom is 0.323 e. The first-order chi connectivity index (χ1) is 9.97. The Morgan fingerprint density at radius 2 is 1.81 bits per heavy atom. The largest absolute Gasteiger partial charge is 0.323 e. The molecule has 0 bridgehead atoms. The maximum absolute atomic E-state index is 11.4. The zero-order valence-corrected chi connectivity index (χ0v) is 14.1. The molecule has 0 aliphatic heterocycles. The van der Waals surface area contributed by atoms with Gasteiger partial charge in [-0.3, -0.25) is 0 Å². The standard InChI is InChI=1S/C15H11BrCl2N2O/c1-7-8(3-2-4-11(7)17)14(18)9-5-12-13(6-10(9)16)20-15(21)19-12/h2-6,14H,1H3,(H2,19,20,21). The van der Waals surface area contributed by atoms with Crippen molar-refractivity contribution >= 4 is 50.2 Å². The number of benzene rings is 2. The van der Waals surface area contributed by atoms with Crippen molar-refractivity contribution in [1.82, 2.24) is 9.97 Å². The van der Waals surface area contributed by atoms with Crippen LogP contribution in [0.15, 0.2) is 39.6 Å². The number of rotatable bonds is 2. The third-order valence-corrected chi connectivity index (χ3v) is 5.06. The molecule has 1 atom stereocenters. The van der Waals surface area contributed by atoms with E-state index in [2.05, 4.69) is 25.9 Å². The van der Waals surface area contributed by atoms with Crippen LogP contribution in [0.1, 0.15) is 22.1 Å². The van der Waals surface area contributed by atoms with Crippen molar-refractivity contribution in [2.75, 3.05) is 0 Å². The van der Waals surface area contributed by atoms with Gasteiger partial charge < -0.3 is 9.97 Å². The molecule has 0 radical (unpaired) electrons. The summed E-state index contributed by atoms with van der Waals surface area (Å²) >= 11 is 16.3. The molecule has 2 aromatic carbocycles. The summed E-state index contributed by atoms with van der Waals surface area (Å²) in [5.41, 5.74) is 4.01. The SMILES string of the molecule is Cc1c(Cl)cccc1C(Cl)c1cc2[nH]c(=O)[nH]c2cc1Br. The number of alkyl halides is 1. The third kappa shape index (κ3) is 2.63. The van der Waals surface area contributed by atoms with Gasteiger partial charge in [0, 0.05) is 9.50 Å². The Morgan fingerprint density at radius 3 is 2.52 bits per heavy atom. The molecule has 0 fully saturated rings. The fourth-order valence-corrected chi connectivity index (χ4v) is 3.64. The van der Waals surface area contributed by atoms with Gasteiger partial charge in [-0.15, -0.1) is 11.6 Å². The number of aromatic nitrogens is 2. The normalized spacial score (nSPS) is 12.8. The lowest BCUT2D eigenvalue weighted by molar-refractivity contribution is 1.10. The molecule has 0 spiro atoms. The summed E-state index contributed by atoms with van der Waals surface area (Å²) in [6.07, 6.45) is 0. The molecule has 3 rings (SSSR count).